The van der Waals surface area contributed by atoms with Crippen LogP contribution in [0.3, 0.4) is 0 Å². The van der Waals surface area contributed by atoms with Crippen molar-refractivity contribution < 1.29 is 33.4 Å². The molecular weight excluding hydrogens is 811 g/mol. The highest BCUT2D eigenvalue weighted by molar-refractivity contribution is 7.15. The lowest BCUT2D eigenvalue weighted by Gasteiger charge is -2.36. The van der Waals surface area contributed by atoms with Crippen molar-refractivity contribution in [2.45, 2.75) is 71.2 Å². The standard InChI is InChI=1S/C45H45N9O7S/c1-29-48-49-38-28-60-27-34-33(24-30-8-3-2-4-9-30)37(62-45(34)53(29)38)15-13-31-25-46-52(26-31)18-6-12-40(56)61-23-7-17-50-19-21-51(22-20-50)35-11-5-10-32-41(35)44(59)54(43(32)58)36-14-16-39(55)47-42(36)57/h2-5,8-11,25-26,36H,6-7,12,14,16-24,27-28H2,1H3,(H,47,55,57). The third-order valence-electron chi connectivity index (χ3n) is 11.7. The third-order valence-corrected chi connectivity index (χ3v) is 12.8. The highest BCUT2D eigenvalue weighted by Gasteiger charge is 2.46. The minimum atomic E-state index is -1.00. The topological polar surface area (TPSA) is 174 Å². The van der Waals surface area contributed by atoms with Crippen molar-refractivity contribution in [1.82, 2.24) is 39.7 Å². The predicted octanol–water partition coefficient (Wildman–Crippen LogP) is 3.79. The van der Waals surface area contributed by atoms with Crippen molar-refractivity contribution in [2.75, 3.05) is 44.2 Å². The Morgan fingerprint density at radius 2 is 1.79 bits per heavy atom. The van der Waals surface area contributed by atoms with Gasteiger partial charge in [0.2, 0.25) is 11.8 Å². The number of fused-ring (bicyclic) bond motifs is 4. The summed E-state index contributed by atoms with van der Waals surface area (Å²) in [6.07, 6.45) is 6.11. The average Bonchev–Trinajstić information content (AvgIpc) is 4.00. The van der Waals surface area contributed by atoms with E-state index in [-0.39, 0.29) is 30.8 Å². The number of carbonyl (C=O) groups is 5. The number of nitrogens with one attached hydrogen (secondary N) is 1. The van der Waals surface area contributed by atoms with Crippen molar-refractivity contribution in [3.63, 3.8) is 0 Å². The first kappa shape index (κ1) is 40.9. The lowest BCUT2D eigenvalue weighted by molar-refractivity contribution is -0.144. The number of esters is 1. The van der Waals surface area contributed by atoms with Gasteiger partial charge in [-0.1, -0.05) is 48.2 Å². The van der Waals surface area contributed by atoms with Crippen LogP contribution in [0.15, 0.2) is 60.9 Å². The molecule has 16 nitrogen and oxygen atoms in total. The Kier molecular flexibility index (Phi) is 11.8. The first-order valence-corrected chi connectivity index (χ1v) is 21.7. The van der Waals surface area contributed by atoms with Crippen molar-refractivity contribution in [1.29, 1.82) is 0 Å². The fraction of sp³-hybridized carbons (Fsp3) is 0.378. The molecule has 5 aromatic rings. The van der Waals surface area contributed by atoms with E-state index in [1.54, 1.807) is 34.3 Å². The number of aromatic nitrogens is 5. The lowest BCUT2D eigenvalue weighted by atomic mass is 10.0. The predicted molar refractivity (Wildman–Crippen MR) is 226 cm³/mol. The maximum Gasteiger partial charge on any atom is 0.305 e. The lowest BCUT2D eigenvalue weighted by Crippen LogP contribution is -2.54. The van der Waals surface area contributed by atoms with Gasteiger partial charge < -0.3 is 14.4 Å². The van der Waals surface area contributed by atoms with Crippen molar-refractivity contribution in [3.8, 4) is 16.8 Å². The van der Waals surface area contributed by atoms with Crippen molar-refractivity contribution in [2.24, 2.45) is 0 Å². The van der Waals surface area contributed by atoms with E-state index in [4.69, 9.17) is 9.47 Å². The maximum absolute atomic E-state index is 13.6. The fourth-order valence-electron chi connectivity index (χ4n) is 8.50. The molecule has 62 heavy (non-hydrogen) atoms. The molecule has 0 radical (unpaired) electrons. The van der Waals surface area contributed by atoms with Gasteiger partial charge in [0.15, 0.2) is 5.82 Å². The third kappa shape index (κ3) is 8.41. The molecule has 7 heterocycles. The van der Waals surface area contributed by atoms with Crippen LogP contribution >= 0.6 is 11.3 Å². The highest BCUT2D eigenvalue weighted by atomic mass is 32.1. The normalized spacial score (nSPS) is 17.5. The zero-order valence-electron chi connectivity index (χ0n) is 34.3. The van der Waals surface area contributed by atoms with E-state index >= 15 is 0 Å². The Hall–Kier alpha value is -6.48. The molecule has 2 aromatic carbocycles. The monoisotopic (exact) mass is 855 g/mol. The number of nitrogens with zero attached hydrogens (tertiary/aromatic N) is 8. The number of ether oxygens (including phenoxy) is 2. The van der Waals surface area contributed by atoms with Crippen LogP contribution in [0.25, 0.3) is 5.00 Å². The summed E-state index contributed by atoms with van der Waals surface area (Å²) in [4.78, 5) is 70.0. The summed E-state index contributed by atoms with van der Waals surface area (Å²) < 4.78 is 15.5. The number of piperidine rings is 1. The molecule has 4 amide bonds. The molecule has 0 aliphatic carbocycles. The molecule has 9 rings (SSSR count). The van der Waals surface area contributed by atoms with Gasteiger partial charge >= 0.3 is 5.97 Å². The second kappa shape index (κ2) is 17.9. The molecule has 2 saturated heterocycles. The summed E-state index contributed by atoms with van der Waals surface area (Å²) in [7, 11) is 0. The van der Waals surface area contributed by atoms with Crippen LogP contribution in [0.2, 0.25) is 0 Å². The molecular formula is C45H45N9O7S. The second-order valence-corrected chi connectivity index (χ2v) is 16.7. The van der Waals surface area contributed by atoms with Crippen LogP contribution in [-0.4, -0.2) is 109 Å². The fourth-order valence-corrected chi connectivity index (χ4v) is 9.74. The van der Waals surface area contributed by atoms with Crippen LogP contribution in [0.1, 0.15) is 91.6 Å². The Balaban J connectivity index is 0.725. The molecule has 1 unspecified atom stereocenters. The maximum atomic E-state index is 13.6. The van der Waals surface area contributed by atoms with Gasteiger partial charge in [0, 0.05) is 63.9 Å². The molecule has 4 aliphatic rings. The molecule has 4 aliphatic heterocycles. The molecule has 0 saturated carbocycles. The van der Waals surface area contributed by atoms with Gasteiger partial charge in [-0.2, -0.15) is 5.10 Å². The Bertz CT molecular complexity index is 2610. The minimum absolute atomic E-state index is 0.0725. The van der Waals surface area contributed by atoms with Gasteiger partial charge in [-0.15, -0.1) is 21.5 Å². The van der Waals surface area contributed by atoms with Crippen LogP contribution in [0.5, 0.6) is 0 Å². The van der Waals surface area contributed by atoms with Gasteiger partial charge in [0.05, 0.1) is 46.7 Å². The number of imide groups is 2. The number of aryl methyl sites for hydroxylation is 2. The SMILES string of the molecule is Cc1nnc2n1-c1sc(C#Cc3cnn(CCCC(=O)OCCCN4CCN(c5cccc6c5C(=O)N(C5CCC(=O)NC5=O)C6=O)CC4)c3)c(Cc3ccccc3)c1COC2. The van der Waals surface area contributed by atoms with E-state index in [2.05, 4.69) is 59.0 Å². The summed E-state index contributed by atoms with van der Waals surface area (Å²) in [5, 5.41) is 16.4. The van der Waals surface area contributed by atoms with Gasteiger partial charge in [0.25, 0.3) is 11.8 Å². The molecule has 1 N–H and O–H groups in total. The first-order chi connectivity index (χ1) is 30.2. The molecule has 2 fully saturated rings. The summed E-state index contributed by atoms with van der Waals surface area (Å²) in [5.41, 5.74) is 5.48. The zero-order chi connectivity index (χ0) is 42.7. The van der Waals surface area contributed by atoms with E-state index in [0.29, 0.717) is 63.5 Å². The number of hydrogen-bond donors (Lipinski definition) is 1. The number of hydrogen-bond acceptors (Lipinski definition) is 13. The Morgan fingerprint density at radius 1 is 0.952 bits per heavy atom. The number of amides is 4. The van der Waals surface area contributed by atoms with E-state index in [0.717, 1.165) is 69.2 Å². The molecule has 3 aromatic heterocycles. The van der Waals surface area contributed by atoms with Crippen LogP contribution in [0.4, 0.5) is 5.69 Å². The smallest absolute Gasteiger partial charge is 0.305 e. The molecule has 17 heteroatoms. The molecule has 318 valence electrons. The van der Waals surface area contributed by atoms with Gasteiger partial charge in [-0.3, -0.25) is 48.3 Å². The van der Waals surface area contributed by atoms with E-state index < -0.39 is 29.7 Å². The van der Waals surface area contributed by atoms with Crippen LogP contribution in [0, 0.1) is 18.8 Å². The zero-order valence-corrected chi connectivity index (χ0v) is 35.1. The number of rotatable bonds is 12. The van der Waals surface area contributed by atoms with E-state index in [9.17, 15) is 24.0 Å². The number of benzene rings is 2. The summed E-state index contributed by atoms with van der Waals surface area (Å²) in [5.74, 6) is 6.04. The second-order valence-electron chi connectivity index (χ2n) is 15.7. The number of anilines is 1. The first-order valence-electron chi connectivity index (χ1n) is 20.9. The average molecular weight is 856 g/mol. The number of carbonyl (C=O) groups excluding carboxylic acids is 5. The van der Waals surface area contributed by atoms with E-state index in [1.165, 1.54) is 5.56 Å². The van der Waals surface area contributed by atoms with Gasteiger partial charge in [0.1, 0.15) is 23.5 Å². The molecule has 0 bridgehead atoms. The van der Waals surface area contributed by atoms with Gasteiger partial charge in [-0.25, -0.2) is 0 Å². The van der Waals surface area contributed by atoms with Gasteiger partial charge in [-0.05, 0) is 55.9 Å². The van der Waals surface area contributed by atoms with E-state index in [1.807, 2.05) is 37.4 Å². The largest absolute Gasteiger partial charge is 0.466 e. The Morgan fingerprint density at radius 3 is 2.61 bits per heavy atom. The quantitative estimate of drug-likeness (QED) is 0.0834. The highest BCUT2D eigenvalue weighted by Crippen LogP contribution is 2.37. The van der Waals surface area contributed by atoms with Crippen molar-refractivity contribution in [3.05, 3.63) is 111 Å². The Labute approximate surface area is 361 Å². The summed E-state index contributed by atoms with van der Waals surface area (Å²) in [6, 6.07) is 14.5. The van der Waals surface area contributed by atoms with Crippen molar-refractivity contribution >= 4 is 46.6 Å². The number of thiophene rings is 1. The number of piperazine rings is 1. The molecule has 0 spiro atoms. The minimum Gasteiger partial charge on any atom is -0.466 e. The summed E-state index contributed by atoms with van der Waals surface area (Å²) >= 11 is 1.63. The van der Waals surface area contributed by atoms with Crippen LogP contribution < -0.4 is 10.2 Å². The molecule has 1 atom stereocenters. The van der Waals surface area contributed by atoms with Crippen LogP contribution in [-0.2, 0) is 50.0 Å². The summed E-state index contributed by atoms with van der Waals surface area (Å²) in [6.45, 7) is 7.20.